The third-order valence-electron chi connectivity index (χ3n) is 10.7. The van der Waals surface area contributed by atoms with Gasteiger partial charge in [-0.1, -0.05) is 176 Å². The van der Waals surface area contributed by atoms with E-state index >= 15 is 0 Å². The lowest BCUT2D eigenvalue weighted by Gasteiger charge is -2.15. The van der Waals surface area contributed by atoms with Gasteiger partial charge in [0.05, 0.1) is 0 Å². The van der Waals surface area contributed by atoms with Gasteiger partial charge >= 0.3 is 0 Å². The quantitative estimate of drug-likeness (QED) is 0.131. The summed E-state index contributed by atoms with van der Waals surface area (Å²) < 4.78 is 2.60. The smallest absolute Gasteiger partial charge is 0.165 e. The van der Waals surface area contributed by atoms with Crippen LogP contribution in [-0.4, -0.2) is 15.0 Å². The summed E-state index contributed by atoms with van der Waals surface area (Å²) in [5, 5.41) is 9.56. The zero-order valence-electron chi connectivity index (χ0n) is 29.6. The van der Waals surface area contributed by atoms with Gasteiger partial charge in [0.15, 0.2) is 17.5 Å². The van der Waals surface area contributed by atoms with Gasteiger partial charge in [-0.3, -0.25) is 0 Å². The van der Waals surface area contributed by atoms with E-state index in [1.807, 2.05) is 17.4 Å². The van der Waals surface area contributed by atoms with Crippen LogP contribution in [0.5, 0.6) is 0 Å². The summed E-state index contributed by atoms with van der Waals surface area (Å²) in [6.45, 7) is 0. The Morgan fingerprint density at radius 3 is 1.76 bits per heavy atom. The Morgan fingerprint density at radius 2 is 0.909 bits per heavy atom. The molecule has 11 rings (SSSR count). The van der Waals surface area contributed by atoms with E-state index in [1.54, 1.807) is 0 Å². The lowest BCUT2D eigenvalue weighted by Crippen LogP contribution is -2.02. The molecule has 9 aromatic carbocycles. The van der Waals surface area contributed by atoms with Crippen LogP contribution in [0.25, 0.3) is 109 Å². The number of hydrogen-bond donors (Lipinski definition) is 0. The normalized spacial score (nSPS) is 11.6. The van der Waals surface area contributed by atoms with Crippen LogP contribution in [0.4, 0.5) is 0 Å². The maximum Gasteiger partial charge on any atom is 0.165 e. The van der Waals surface area contributed by atoms with Crippen molar-refractivity contribution >= 4 is 63.8 Å². The minimum atomic E-state index is 0.636. The SMILES string of the molecule is c1ccc(-c2ccccc2-c2nc(-c3ccc(-c4cccc5c4sc4ccccc45)cc3)nc(-c3c4ccccc4cc4c3ccc3ccccc34)n2)cc1. The lowest BCUT2D eigenvalue weighted by molar-refractivity contribution is 1.08. The van der Waals surface area contributed by atoms with E-state index in [9.17, 15) is 0 Å². The molecule has 256 valence electrons. The van der Waals surface area contributed by atoms with Crippen molar-refractivity contribution in [2.75, 3.05) is 0 Å². The first-order valence-corrected chi connectivity index (χ1v) is 19.3. The summed E-state index contributed by atoms with van der Waals surface area (Å²) in [5.41, 5.74) is 7.49. The van der Waals surface area contributed by atoms with Crippen molar-refractivity contribution in [3.05, 3.63) is 188 Å². The van der Waals surface area contributed by atoms with Crippen LogP contribution in [0.3, 0.4) is 0 Å². The Bertz CT molecular complexity index is 3260. The molecular weight excluding hydrogens is 687 g/mol. The van der Waals surface area contributed by atoms with E-state index in [2.05, 4.69) is 182 Å². The van der Waals surface area contributed by atoms with Crippen molar-refractivity contribution in [3.63, 3.8) is 0 Å². The molecule has 0 saturated heterocycles. The highest BCUT2D eigenvalue weighted by molar-refractivity contribution is 7.26. The summed E-state index contributed by atoms with van der Waals surface area (Å²) in [7, 11) is 0. The minimum Gasteiger partial charge on any atom is -0.208 e. The molecule has 0 aliphatic rings. The Labute approximate surface area is 321 Å². The molecule has 55 heavy (non-hydrogen) atoms. The molecule has 3 nitrogen and oxygen atoms in total. The zero-order chi connectivity index (χ0) is 36.3. The second kappa shape index (κ2) is 12.8. The van der Waals surface area contributed by atoms with Crippen LogP contribution in [-0.2, 0) is 0 Å². The third-order valence-corrected chi connectivity index (χ3v) is 12.0. The molecule has 4 heteroatoms. The van der Waals surface area contributed by atoms with Crippen molar-refractivity contribution < 1.29 is 0 Å². The van der Waals surface area contributed by atoms with Crippen molar-refractivity contribution in [1.29, 1.82) is 0 Å². The third kappa shape index (κ3) is 5.30. The number of aromatic nitrogens is 3. The van der Waals surface area contributed by atoms with Crippen LogP contribution in [0.15, 0.2) is 188 Å². The van der Waals surface area contributed by atoms with Gasteiger partial charge in [-0.05, 0) is 66.7 Å². The van der Waals surface area contributed by atoms with Gasteiger partial charge in [-0.2, -0.15) is 0 Å². The number of benzene rings is 9. The summed E-state index contributed by atoms with van der Waals surface area (Å²) in [6, 6.07) is 66.8. The second-order valence-electron chi connectivity index (χ2n) is 13.9. The predicted octanol–water partition coefficient (Wildman–Crippen LogP) is 14.0. The van der Waals surface area contributed by atoms with Gasteiger partial charge in [0.2, 0.25) is 0 Å². The predicted molar refractivity (Wildman–Crippen MR) is 232 cm³/mol. The fourth-order valence-electron chi connectivity index (χ4n) is 8.12. The maximum atomic E-state index is 5.37. The molecule has 0 fully saturated rings. The van der Waals surface area contributed by atoms with Gasteiger partial charge in [-0.25, -0.2) is 15.0 Å². The van der Waals surface area contributed by atoms with E-state index in [-0.39, 0.29) is 0 Å². The fraction of sp³-hybridized carbons (Fsp3) is 0. The van der Waals surface area contributed by atoms with Crippen molar-refractivity contribution in [3.8, 4) is 56.4 Å². The Hall–Kier alpha value is -7.01. The van der Waals surface area contributed by atoms with E-state index in [4.69, 9.17) is 15.0 Å². The molecule has 0 spiro atoms. The molecule has 2 aromatic heterocycles. The molecule has 0 atom stereocenters. The van der Waals surface area contributed by atoms with Crippen LogP contribution >= 0.6 is 11.3 Å². The number of nitrogens with zero attached hydrogens (tertiary/aromatic N) is 3. The summed E-state index contributed by atoms with van der Waals surface area (Å²) >= 11 is 1.85. The summed E-state index contributed by atoms with van der Waals surface area (Å²) in [5.74, 6) is 1.93. The summed E-state index contributed by atoms with van der Waals surface area (Å²) in [4.78, 5) is 16.0. The first-order chi connectivity index (χ1) is 27.3. The van der Waals surface area contributed by atoms with Gasteiger partial charge in [0, 0.05) is 36.9 Å². The number of fused-ring (bicyclic) bond motifs is 7. The number of hydrogen-bond acceptors (Lipinski definition) is 4. The van der Waals surface area contributed by atoms with Crippen molar-refractivity contribution in [2.24, 2.45) is 0 Å². The highest BCUT2D eigenvalue weighted by atomic mass is 32.1. The highest BCUT2D eigenvalue weighted by Gasteiger charge is 2.20. The first kappa shape index (κ1) is 31.5. The molecule has 0 N–H and O–H groups in total. The highest BCUT2D eigenvalue weighted by Crippen LogP contribution is 2.42. The fourth-order valence-corrected chi connectivity index (χ4v) is 9.36. The standard InChI is InChI=1S/C51H31N3S/c1-2-13-32(14-3-1)37-17-8-9-21-44(37)50-52-49(35-27-25-34(26-28-35)40-22-12-23-43-41-20-10-11-24-46(41)55-48(40)43)53-51(54-50)47-39-19-7-5-16-36(39)31-45-38-18-6-4-15-33(38)29-30-42(45)47/h1-31H. The first-order valence-electron chi connectivity index (χ1n) is 18.5. The minimum absolute atomic E-state index is 0.636. The van der Waals surface area contributed by atoms with Gasteiger partial charge < -0.3 is 0 Å². The second-order valence-corrected chi connectivity index (χ2v) is 15.0. The van der Waals surface area contributed by atoms with Crippen molar-refractivity contribution in [1.82, 2.24) is 15.0 Å². The van der Waals surface area contributed by atoms with Crippen LogP contribution < -0.4 is 0 Å². The van der Waals surface area contributed by atoms with E-state index in [1.165, 1.54) is 41.9 Å². The molecular formula is C51H31N3S. The molecule has 2 heterocycles. The Morgan fingerprint density at radius 1 is 0.309 bits per heavy atom. The number of rotatable bonds is 5. The van der Waals surface area contributed by atoms with E-state index in [0.717, 1.165) is 49.5 Å². The topological polar surface area (TPSA) is 38.7 Å². The largest absolute Gasteiger partial charge is 0.208 e. The molecule has 0 unspecified atom stereocenters. The van der Waals surface area contributed by atoms with E-state index < -0.39 is 0 Å². The molecule has 0 bridgehead atoms. The Balaban J connectivity index is 1.14. The maximum absolute atomic E-state index is 5.37. The average Bonchev–Trinajstić information content (AvgIpc) is 3.65. The molecule has 0 aliphatic carbocycles. The molecule has 0 radical (unpaired) electrons. The lowest BCUT2D eigenvalue weighted by atomic mass is 9.93. The van der Waals surface area contributed by atoms with Crippen LogP contribution in [0.1, 0.15) is 0 Å². The van der Waals surface area contributed by atoms with Gasteiger partial charge in [0.1, 0.15) is 0 Å². The monoisotopic (exact) mass is 717 g/mol. The molecule has 11 aromatic rings. The van der Waals surface area contributed by atoms with Gasteiger partial charge in [-0.15, -0.1) is 11.3 Å². The summed E-state index contributed by atoms with van der Waals surface area (Å²) in [6.07, 6.45) is 0. The Kier molecular flexibility index (Phi) is 7.35. The van der Waals surface area contributed by atoms with Gasteiger partial charge in [0.25, 0.3) is 0 Å². The number of thiophene rings is 1. The molecule has 0 amide bonds. The van der Waals surface area contributed by atoms with Crippen molar-refractivity contribution in [2.45, 2.75) is 0 Å². The zero-order valence-corrected chi connectivity index (χ0v) is 30.5. The van der Waals surface area contributed by atoms with Crippen LogP contribution in [0.2, 0.25) is 0 Å². The average molecular weight is 718 g/mol. The van der Waals surface area contributed by atoms with E-state index in [0.29, 0.717) is 17.5 Å². The molecule has 0 saturated carbocycles. The van der Waals surface area contributed by atoms with Crippen LogP contribution in [0, 0.1) is 0 Å². The molecule has 0 aliphatic heterocycles.